The highest BCUT2D eigenvalue weighted by atomic mass is 16.4. The van der Waals surface area contributed by atoms with Gasteiger partial charge in [-0.05, 0) is 31.4 Å². The second kappa shape index (κ2) is 4.20. The monoisotopic (exact) mass is 229 g/mol. The lowest BCUT2D eigenvalue weighted by Gasteiger charge is -2.24. The van der Waals surface area contributed by atoms with Gasteiger partial charge < -0.3 is 9.77 Å². The molecule has 1 aromatic heterocycles. The lowest BCUT2D eigenvalue weighted by molar-refractivity contribution is 0.310. The van der Waals surface area contributed by atoms with Gasteiger partial charge in [0.2, 0.25) is 0 Å². The van der Waals surface area contributed by atoms with Crippen LogP contribution in [0.2, 0.25) is 0 Å². The summed E-state index contributed by atoms with van der Waals surface area (Å²) in [6.45, 7) is 0. The molecule has 1 atom stereocenters. The van der Waals surface area contributed by atoms with Crippen LogP contribution in [0.15, 0.2) is 35.7 Å². The second-order valence-corrected chi connectivity index (χ2v) is 4.56. The van der Waals surface area contributed by atoms with Gasteiger partial charge in [0, 0.05) is 12.5 Å². The summed E-state index contributed by atoms with van der Waals surface area (Å²) >= 11 is 0. The Bertz CT molecular complexity index is 559. The van der Waals surface area contributed by atoms with Gasteiger partial charge in [-0.2, -0.15) is 0 Å². The summed E-state index contributed by atoms with van der Waals surface area (Å²) in [5.41, 5.74) is 3.09. The molecule has 1 saturated carbocycles. The van der Waals surface area contributed by atoms with Gasteiger partial charge in [-0.15, -0.1) is 0 Å². The van der Waals surface area contributed by atoms with Crippen LogP contribution in [-0.4, -0.2) is 20.5 Å². The first-order valence-electron chi connectivity index (χ1n) is 6.00. The molecule has 17 heavy (non-hydrogen) atoms. The maximum atomic E-state index is 8.88. The molecule has 2 aromatic rings. The lowest BCUT2D eigenvalue weighted by atomic mass is 9.93. The molecule has 0 radical (unpaired) electrons. The van der Waals surface area contributed by atoms with Crippen molar-refractivity contribution in [2.24, 2.45) is 5.16 Å². The molecule has 1 unspecified atom stereocenters. The van der Waals surface area contributed by atoms with E-state index in [1.807, 2.05) is 24.5 Å². The Kier molecular flexibility index (Phi) is 2.55. The Hall–Kier alpha value is -1.84. The van der Waals surface area contributed by atoms with Crippen LogP contribution in [-0.2, 0) is 0 Å². The van der Waals surface area contributed by atoms with Crippen molar-refractivity contribution in [1.29, 1.82) is 0 Å². The molecule has 0 saturated heterocycles. The maximum Gasteiger partial charge on any atom is 0.0961 e. The second-order valence-electron chi connectivity index (χ2n) is 4.56. The van der Waals surface area contributed by atoms with Gasteiger partial charge in [0.15, 0.2) is 0 Å². The molecule has 0 bridgehead atoms. The van der Waals surface area contributed by atoms with E-state index in [2.05, 4.69) is 20.8 Å². The van der Waals surface area contributed by atoms with Crippen LogP contribution >= 0.6 is 0 Å². The van der Waals surface area contributed by atoms with E-state index < -0.39 is 0 Å². The van der Waals surface area contributed by atoms with Crippen molar-refractivity contribution in [1.82, 2.24) is 9.55 Å². The van der Waals surface area contributed by atoms with Crippen LogP contribution in [0.5, 0.6) is 0 Å². The predicted molar refractivity (Wildman–Crippen MR) is 66.5 cm³/mol. The minimum Gasteiger partial charge on any atom is -0.411 e. The molecule has 88 valence electrons. The highest BCUT2D eigenvalue weighted by Gasteiger charge is 2.21. The lowest BCUT2D eigenvalue weighted by Crippen LogP contribution is -2.18. The highest BCUT2D eigenvalue weighted by molar-refractivity contribution is 5.85. The van der Waals surface area contributed by atoms with E-state index in [0.717, 1.165) is 42.4 Å². The summed E-state index contributed by atoms with van der Waals surface area (Å²) in [4.78, 5) is 4.41. The highest BCUT2D eigenvalue weighted by Crippen LogP contribution is 2.29. The number of imidazole rings is 1. The van der Waals surface area contributed by atoms with Crippen LogP contribution in [0.3, 0.4) is 0 Å². The van der Waals surface area contributed by atoms with Crippen LogP contribution < -0.4 is 0 Å². The van der Waals surface area contributed by atoms with Gasteiger partial charge in [-0.1, -0.05) is 17.3 Å². The minimum absolute atomic E-state index is 0.377. The number of nitrogens with zero attached hydrogens (tertiary/aromatic N) is 3. The summed E-state index contributed by atoms with van der Waals surface area (Å²) in [7, 11) is 0. The van der Waals surface area contributed by atoms with E-state index in [0.29, 0.717) is 6.04 Å². The molecule has 0 aliphatic heterocycles. The fourth-order valence-electron chi connectivity index (χ4n) is 2.62. The molecule has 0 amide bonds. The van der Waals surface area contributed by atoms with Crippen LogP contribution in [0.4, 0.5) is 0 Å². The number of fused-ring (bicyclic) bond motifs is 1. The maximum absolute atomic E-state index is 8.88. The molecular formula is C13H15N3O. The number of aromatic nitrogens is 2. The summed E-state index contributed by atoms with van der Waals surface area (Å²) in [6, 6.07) is 8.52. The summed E-state index contributed by atoms with van der Waals surface area (Å²) in [5.74, 6) is 0. The van der Waals surface area contributed by atoms with Gasteiger partial charge in [0.25, 0.3) is 0 Å². The molecule has 1 N–H and O–H groups in total. The van der Waals surface area contributed by atoms with Gasteiger partial charge in [0.05, 0.1) is 23.1 Å². The fourth-order valence-corrected chi connectivity index (χ4v) is 2.62. The van der Waals surface area contributed by atoms with Crippen molar-refractivity contribution >= 4 is 16.7 Å². The number of hydrogen-bond acceptors (Lipinski definition) is 3. The van der Waals surface area contributed by atoms with Crippen molar-refractivity contribution in [2.45, 2.75) is 31.7 Å². The van der Waals surface area contributed by atoms with Gasteiger partial charge in [-0.3, -0.25) is 0 Å². The van der Waals surface area contributed by atoms with Crippen LogP contribution in [0, 0.1) is 0 Å². The minimum atomic E-state index is 0.377. The third-order valence-electron chi connectivity index (χ3n) is 3.49. The molecule has 4 heteroatoms. The smallest absolute Gasteiger partial charge is 0.0961 e. The Morgan fingerprint density at radius 2 is 2.24 bits per heavy atom. The molecule has 1 fully saturated rings. The molecule has 0 spiro atoms. The third kappa shape index (κ3) is 1.79. The predicted octanol–water partition coefficient (Wildman–Crippen LogP) is 2.98. The molecule has 1 aromatic carbocycles. The first-order chi connectivity index (χ1) is 8.38. The Morgan fingerprint density at radius 1 is 1.35 bits per heavy atom. The van der Waals surface area contributed by atoms with Crippen LogP contribution in [0.1, 0.15) is 31.7 Å². The van der Waals surface area contributed by atoms with E-state index in [9.17, 15) is 0 Å². The quantitative estimate of drug-likeness (QED) is 0.603. The number of para-hydroxylation sites is 2. The summed E-state index contributed by atoms with van der Waals surface area (Å²) < 4.78 is 2.21. The molecule has 3 rings (SSSR count). The van der Waals surface area contributed by atoms with Crippen molar-refractivity contribution < 1.29 is 5.21 Å². The first-order valence-corrected chi connectivity index (χ1v) is 6.00. The van der Waals surface area contributed by atoms with Crippen molar-refractivity contribution in [2.75, 3.05) is 0 Å². The van der Waals surface area contributed by atoms with Crippen LogP contribution in [0.25, 0.3) is 11.0 Å². The average Bonchev–Trinajstić information content (AvgIpc) is 2.82. The van der Waals surface area contributed by atoms with Gasteiger partial charge >= 0.3 is 0 Å². The molecule has 1 heterocycles. The molecule has 4 nitrogen and oxygen atoms in total. The molecular weight excluding hydrogens is 214 g/mol. The topological polar surface area (TPSA) is 50.4 Å². The van der Waals surface area contributed by atoms with E-state index in [4.69, 9.17) is 5.21 Å². The number of rotatable bonds is 1. The zero-order valence-corrected chi connectivity index (χ0v) is 9.58. The van der Waals surface area contributed by atoms with Crippen molar-refractivity contribution in [3.05, 3.63) is 30.6 Å². The Labute approximate surface area is 99.6 Å². The zero-order valence-electron chi connectivity index (χ0n) is 9.58. The Balaban J connectivity index is 1.98. The average molecular weight is 229 g/mol. The number of hydrogen-bond donors (Lipinski definition) is 1. The van der Waals surface area contributed by atoms with E-state index in [1.165, 1.54) is 0 Å². The van der Waals surface area contributed by atoms with E-state index in [-0.39, 0.29) is 0 Å². The molecule has 1 aliphatic rings. The largest absolute Gasteiger partial charge is 0.411 e. The number of oxime groups is 1. The summed E-state index contributed by atoms with van der Waals surface area (Å²) in [6.07, 6.45) is 5.85. The standard InChI is InChI=1S/C13H15N3O/c17-15-10-4-3-5-11(8-10)16-9-14-12-6-1-2-7-13(12)16/h1-2,6-7,9,11,17H,3-5,8H2/b15-10+. The fraction of sp³-hybridized carbons (Fsp3) is 0.385. The number of benzene rings is 1. The normalized spacial score (nSPS) is 23.3. The Morgan fingerprint density at radius 3 is 3.12 bits per heavy atom. The molecule has 1 aliphatic carbocycles. The van der Waals surface area contributed by atoms with E-state index >= 15 is 0 Å². The van der Waals surface area contributed by atoms with Gasteiger partial charge in [0.1, 0.15) is 0 Å². The van der Waals surface area contributed by atoms with Crippen molar-refractivity contribution in [3.8, 4) is 0 Å². The van der Waals surface area contributed by atoms with Gasteiger partial charge in [-0.25, -0.2) is 4.98 Å². The summed E-state index contributed by atoms with van der Waals surface area (Å²) in [5, 5.41) is 12.3. The van der Waals surface area contributed by atoms with Crippen molar-refractivity contribution in [3.63, 3.8) is 0 Å². The first kappa shape index (κ1) is 10.3. The zero-order chi connectivity index (χ0) is 11.7. The third-order valence-corrected chi connectivity index (χ3v) is 3.49. The SMILES string of the molecule is O/N=C1\CCCC(n2cnc3ccccc32)C1. The van der Waals surface area contributed by atoms with E-state index in [1.54, 1.807) is 0 Å².